The van der Waals surface area contributed by atoms with E-state index in [4.69, 9.17) is 39.5 Å². The Labute approximate surface area is 132 Å². The lowest BCUT2D eigenvalue weighted by Gasteiger charge is -2.41. The topological polar surface area (TPSA) is 27.1 Å². The molecule has 1 saturated carbocycles. The minimum atomic E-state index is -0.0967. The predicted octanol–water partition coefficient (Wildman–Crippen LogP) is 4.65. The number of hydrogen-bond donors (Lipinski definition) is 0. The number of halogens is 3. The third-order valence-electron chi connectivity index (χ3n) is 4.13. The summed E-state index contributed by atoms with van der Waals surface area (Å²) < 4.78 is 7.80. The molecule has 0 N–H and O–H groups in total. The summed E-state index contributed by atoms with van der Waals surface area (Å²) in [6, 6.07) is 3.64. The Kier molecular flexibility index (Phi) is 3.89. The quantitative estimate of drug-likeness (QED) is 0.761. The second-order valence-electron chi connectivity index (χ2n) is 5.24. The van der Waals surface area contributed by atoms with E-state index in [1.807, 2.05) is 6.07 Å². The Morgan fingerprint density at radius 3 is 2.55 bits per heavy atom. The van der Waals surface area contributed by atoms with Gasteiger partial charge >= 0.3 is 0 Å². The van der Waals surface area contributed by atoms with E-state index < -0.39 is 0 Å². The van der Waals surface area contributed by atoms with Crippen molar-refractivity contribution in [1.82, 2.24) is 9.55 Å². The number of hydrogen-bond acceptors (Lipinski definition) is 2. The number of alkyl halides is 1. The fourth-order valence-corrected chi connectivity index (χ4v) is 3.25. The van der Waals surface area contributed by atoms with Crippen molar-refractivity contribution in [3.63, 3.8) is 0 Å². The summed E-state index contributed by atoms with van der Waals surface area (Å²) in [5.41, 5.74) is 1.68. The van der Waals surface area contributed by atoms with Crippen molar-refractivity contribution in [3.8, 4) is 0 Å². The minimum Gasteiger partial charge on any atom is -0.376 e. The predicted molar refractivity (Wildman–Crippen MR) is 82.9 cm³/mol. The number of aromatic nitrogens is 2. The number of rotatable bonds is 4. The van der Waals surface area contributed by atoms with Gasteiger partial charge in [0.05, 0.1) is 39.1 Å². The second-order valence-corrected chi connectivity index (χ2v) is 6.33. The van der Waals surface area contributed by atoms with Crippen LogP contribution < -0.4 is 0 Å². The van der Waals surface area contributed by atoms with Gasteiger partial charge in [0.2, 0.25) is 0 Å². The summed E-state index contributed by atoms with van der Waals surface area (Å²) in [4.78, 5) is 4.54. The Balaban J connectivity index is 2.10. The van der Waals surface area contributed by atoms with Crippen LogP contribution >= 0.6 is 34.8 Å². The van der Waals surface area contributed by atoms with Crippen LogP contribution in [0.25, 0.3) is 11.0 Å². The Morgan fingerprint density at radius 2 is 2.00 bits per heavy atom. The Bertz CT molecular complexity index is 644. The molecule has 0 spiro atoms. The molecular formula is C14H15Cl3N2O. The van der Waals surface area contributed by atoms with Gasteiger partial charge in [-0.2, -0.15) is 0 Å². The van der Waals surface area contributed by atoms with Crippen molar-refractivity contribution < 1.29 is 4.74 Å². The van der Waals surface area contributed by atoms with Gasteiger partial charge < -0.3 is 9.30 Å². The molecule has 0 unspecified atom stereocenters. The summed E-state index contributed by atoms with van der Waals surface area (Å²) in [7, 11) is 1.77. The van der Waals surface area contributed by atoms with E-state index >= 15 is 0 Å². The van der Waals surface area contributed by atoms with Crippen molar-refractivity contribution in [1.29, 1.82) is 0 Å². The standard InChI is InChI=1S/C14H15Cl3N2O/c1-20-14(3-2-4-14)8-19-12-6-10(17)9(16)5-11(12)18-13(19)7-15/h5-6H,2-4,7-8H2,1H3. The molecule has 0 atom stereocenters. The van der Waals surface area contributed by atoms with Gasteiger partial charge in [-0.05, 0) is 31.4 Å². The number of fused-ring (bicyclic) bond motifs is 1. The van der Waals surface area contributed by atoms with E-state index in [1.165, 1.54) is 6.42 Å². The lowest BCUT2D eigenvalue weighted by molar-refractivity contribution is -0.0831. The number of nitrogens with zero attached hydrogens (tertiary/aromatic N) is 2. The van der Waals surface area contributed by atoms with E-state index in [1.54, 1.807) is 13.2 Å². The van der Waals surface area contributed by atoms with Crippen LogP contribution in [-0.4, -0.2) is 22.3 Å². The molecule has 1 aliphatic rings. The third kappa shape index (κ3) is 2.31. The van der Waals surface area contributed by atoms with Gasteiger partial charge in [0.25, 0.3) is 0 Å². The first kappa shape index (κ1) is 14.5. The molecule has 1 heterocycles. The van der Waals surface area contributed by atoms with Crippen molar-refractivity contribution in [2.75, 3.05) is 7.11 Å². The van der Waals surface area contributed by atoms with Crippen molar-refractivity contribution in [2.24, 2.45) is 0 Å². The zero-order chi connectivity index (χ0) is 14.3. The molecule has 1 aliphatic carbocycles. The lowest BCUT2D eigenvalue weighted by Crippen LogP contribution is -2.43. The first-order valence-electron chi connectivity index (χ1n) is 6.54. The van der Waals surface area contributed by atoms with Gasteiger partial charge in [0, 0.05) is 7.11 Å². The Hall–Kier alpha value is -0.480. The highest BCUT2D eigenvalue weighted by Crippen LogP contribution is 2.38. The normalized spacial score (nSPS) is 17.4. The molecule has 3 rings (SSSR count). The lowest BCUT2D eigenvalue weighted by atomic mass is 9.80. The monoisotopic (exact) mass is 332 g/mol. The van der Waals surface area contributed by atoms with Crippen LogP contribution in [0.5, 0.6) is 0 Å². The second kappa shape index (κ2) is 5.38. The fourth-order valence-electron chi connectivity index (χ4n) is 2.73. The maximum absolute atomic E-state index is 6.13. The molecule has 20 heavy (non-hydrogen) atoms. The molecule has 0 radical (unpaired) electrons. The van der Waals surface area contributed by atoms with Crippen LogP contribution in [-0.2, 0) is 17.2 Å². The molecule has 3 nitrogen and oxygen atoms in total. The number of ether oxygens (including phenoxy) is 1. The zero-order valence-electron chi connectivity index (χ0n) is 11.1. The largest absolute Gasteiger partial charge is 0.376 e. The van der Waals surface area contributed by atoms with Crippen LogP contribution in [0, 0.1) is 0 Å². The summed E-state index contributed by atoms with van der Waals surface area (Å²) in [5.74, 6) is 1.17. The summed E-state index contributed by atoms with van der Waals surface area (Å²) in [6.45, 7) is 0.750. The SMILES string of the molecule is COC1(Cn2c(CCl)nc3cc(Cl)c(Cl)cc32)CCC1. The highest BCUT2D eigenvalue weighted by molar-refractivity contribution is 6.42. The average Bonchev–Trinajstić information content (AvgIpc) is 2.72. The highest BCUT2D eigenvalue weighted by atomic mass is 35.5. The minimum absolute atomic E-state index is 0.0967. The van der Waals surface area contributed by atoms with E-state index in [0.29, 0.717) is 15.9 Å². The zero-order valence-corrected chi connectivity index (χ0v) is 13.4. The number of methoxy groups -OCH3 is 1. The molecule has 1 aromatic heterocycles. The van der Waals surface area contributed by atoms with Crippen LogP contribution in [0.1, 0.15) is 25.1 Å². The van der Waals surface area contributed by atoms with Crippen LogP contribution in [0.3, 0.4) is 0 Å². The van der Waals surface area contributed by atoms with Gasteiger partial charge in [-0.25, -0.2) is 4.98 Å². The van der Waals surface area contributed by atoms with Crippen molar-refractivity contribution >= 4 is 45.8 Å². The molecular weight excluding hydrogens is 319 g/mol. The number of benzene rings is 1. The highest BCUT2D eigenvalue weighted by Gasteiger charge is 2.38. The summed E-state index contributed by atoms with van der Waals surface area (Å²) in [6.07, 6.45) is 3.32. The van der Waals surface area contributed by atoms with Crippen molar-refractivity contribution in [2.45, 2.75) is 37.3 Å². The number of imidazole rings is 1. The van der Waals surface area contributed by atoms with Crippen molar-refractivity contribution in [3.05, 3.63) is 28.0 Å². The third-order valence-corrected chi connectivity index (χ3v) is 5.09. The Morgan fingerprint density at radius 1 is 1.30 bits per heavy atom. The van der Waals surface area contributed by atoms with E-state index in [-0.39, 0.29) is 5.60 Å². The maximum atomic E-state index is 6.13. The molecule has 1 aromatic carbocycles. The summed E-state index contributed by atoms with van der Waals surface area (Å²) in [5, 5.41) is 1.04. The summed E-state index contributed by atoms with van der Waals surface area (Å²) >= 11 is 18.2. The first-order chi connectivity index (χ1) is 9.58. The van der Waals surface area contributed by atoms with Crippen LogP contribution in [0.4, 0.5) is 0 Å². The molecule has 0 amide bonds. The molecule has 108 valence electrons. The van der Waals surface area contributed by atoms with Gasteiger partial charge in [0.1, 0.15) is 5.82 Å². The molecule has 1 fully saturated rings. The van der Waals surface area contributed by atoms with Gasteiger partial charge in [-0.1, -0.05) is 23.2 Å². The molecule has 2 aromatic rings. The van der Waals surface area contributed by atoms with E-state index in [9.17, 15) is 0 Å². The first-order valence-corrected chi connectivity index (χ1v) is 7.83. The average molecular weight is 334 g/mol. The van der Waals surface area contributed by atoms with Gasteiger partial charge in [-0.3, -0.25) is 0 Å². The van der Waals surface area contributed by atoms with Crippen LogP contribution in [0.2, 0.25) is 10.0 Å². The van der Waals surface area contributed by atoms with E-state index in [2.05, 4.69) is 9.55 Å². The molecule has 0 bridgehead atoms. The van der Waals surface area contributed by atoms with Gasteiger partial charge in [0.15, 0.2) is 0 Å². The molecule has 6 heteroatoms. The molecule has 0 aliphatic heterocycles. The molecule has 0 saturated heterocycles. The smallest absolute Gasteiger partial charge is 0.124 e. The van der Waals surface area contributed by atoms with Crippen LogP contribution in [0.15, 0.2) is 12.1 Å². The van der Waals surface area contributed by atoms with E-state index in [0.717, 1.165) is 36.2 Å². The maximum Gasteiger partial charge on any atom is 0.124 e. The fraction of sp³-hybridized carbons (Fsp3) is 0.500. The van der Waals surface area contributed by atoms with Gasteiger partial charge in [-0.15, -0.1) is 11.6 Å².